The van der Waals surface area contributed by atoms with Gasteiger partial charge in [0.1, 0.15) is 11.4 Å². The minimum atomic E-state index is -0.492. The van der Waals surface area contributed by atoms with E-state index in [-0.39, 0.29) is 11.7 Å². The van der Waals surface area contributed by atoms with Crippen LogP contribution in [0.3, 0.4) is 0 Å². The van der Waals surface area contributed by atoms with Crippen LogP contribution >= 0.6 is 0 Å². The maximum Gasteiger partial charge on any atom is 0.237 e. The van der Waals surface area contributed by atoms with Crippen molar-refractivity contribution in [3.63, 3.8) is 0 Å². The van der Waals surface area contributed by atoms with E-state index in [0.717, 1.165) is 32.1 Å². The van der Waals surface area contributed by atoms with Gasteiger partial charge in [0.15, 0.2) is 0 Å². The molecule has 1 aliphatic rings. The van der Waals surface area contributed by atoms with E-state index in [2.05, 4.69) is 24.0 Å². The highest BCUT2D eigenvalue weighted by molar-refractivity contribution is 5.85. The van der Waals surface area contributed by atoms with Gasteiger partial charge in [-0.3, -0.25) is 4.79 Å². The van der Waals surface area contributed by atoms with E-state index in [9.17, 15) is 4.79 Å². The Morgan fingerprint density at radius 2 is 2.05 bits per heavy atom. The third-order valence-electron chi connectivity index (χ3n) is 4.26. The van der Waals surface area contributed by atoms with Gasteiger partial charge in [0.05, 0.1) is 5.92 Å². The third-order valence-corrected chi connectivity index (χ3v) is 4.26. The maximum absolute atomic E-state index is 12.0. The number of hydrogen-bond donors (Lipinski definition) is 0. The first kappa shape index (κ1) is 15.2. The molecule has 1 saturated carbocycles. The Morgan fingerprint density at radius 1 is 1.30 bits per heavy atom. The molecule has 1 atom stereocenters. The summed E-state index contributed by atoms with van der Waals surface area (Å²) in [7, 11) is 0. The van der Waals surface area contributed by atoms with Gasteiger partial charge in [-0.15, -0.1) is 0 Å². The molecule has 1 aromatic heterocycles. The van der Waals surface area contributed by atoms with Crippen molar-refractivity contribution >= 4 is 5.78 Å². The fraction of sp³-hybridized carbons (Fsp3) is 0.800. The molecule has 0 saturated heterocycles. The molecule has 0 radical (unpaired) electrons. The quantitative estimate of drug-likeness (QED) is 0.799. The Morgan fingerprint density at radius 3 is 2.65 bits per heavy atom. The minimum Gasteiger partial charge on any atom is -0.367 e. The molecule has 1 aromatic rings. The molecular weight excluding hydrogens is 256 g/mol. The van der Waals surface area contributed by atoms with Crippen LogP contribution in [0.25, 0.3) is 0 Å². The first-order valence-electron chi connectivity index (χ1n) is 7.67. The SMILES string of the molecule is CCOC(CC)(CC)c1noc(C2CCCCC2=O)n1. The first-order valence-corrected chi connectivity index (χ1v) is 7.67. The topological polar surface area (TPSA) is 65.2 Å². The second-order valence-electron chi connectivity index (χ2n) is 5.36. The molecule has 0 amide bonds. The number of Topliss-reactive ketones (excluding diaryl/α,β-unsaturated/α-hetero) is 1. The van der Waals surface area contributed by atoms with Crippen LogP contribution in [0.4, 0.5) is 0 Å². The van der Waals surface area contributed by atoms with Crippen molar-refractivity contribution in [3.8, 4) is 0 Å². The molecule has 1 aliphatic carbocycles. The summed E-state index contributed by atoms with van der Waals surface area (Å²) in [5.41, 5.74) is -0.492. The van der Waals surface area contributed by atoms with Gasteiger partial charge in [0, 0.05) is 13.0 Å². The van der Waals surface area contributed by atoms with Crippen LogP contribution in [0.15, 0.2) is 4.52 Å². The zero-order chi connectivity index (χ0) is 14.6. The van der Waals surface area contributed by atoms with Crippen molar-refractivity contribution in [2.45, 2.75) is 70.8 Å². The average molecular weight is 280 g/mol. The van der Waals surface area contributed by atoms with Gasteiger partial charge in [-0.1, -0.05) is 25.4 Å². The molecule has 1 heterocycles. The zero-order valence-electron chi connectivity index (χ0n) is 12.6. The van der Waals surface area contributed by atoms with Gasteiger partial charge in [0.2, 0.25) is 11.7 Å². The second-order valence-corrected chi connectivity index (χ2v) is 5.36. The summed E-state index contributed by atoms with van der Waals surface area (Å²) in [6.07, 6.45) is 5.04. The normalized spacial score (nSPS) is 20.4. The standard InChI is InChI=1S/C15H24N2O3/c1-4-15(5-2,19-6-3)14-16-13(20-17-14)11-9-7-8-10-12(11)18/h11H,4-10H2,1-3H3. The fourth-order valence-corrected chi connectivity index (χ4v) is 2.92. The molecule has 2 rings (SSSR count). The van der Waals surface area contributed by atoms with Crippen LogP contribution in [0.5, 0.6) is 0 Å². The summed E-state index contributed by atoms with van der Waals surface area (Å²) < 4.78 is 11.2. The van der Waals surface area contributed by atoms with Crippen LogP contribution in [0, 0.1) is 0 Å². The number of carbonyl (C=O) groups excluding carboxylic acids is 1. The number of rotatable bonds is 6. The largest absolute Gasteiger partial charge is 0.367 e. The van der Waals surface area contributed by atoms with Gasteiger partial charge in [-0.05, 0) is 32.6 Å². The highest BCUT2D eigenvalue weighted by Crippen LogP contribution is 2.34. The van der Waals surface area contributed by atoms with Gasteiger partial charge in [0.25, 0.3) is 0 Å². The van der Waals surface area contributed by atoms with Gasteiger partial charge in [-0.25, -0.2) is 0 Å². The average Bonchev–Trinajstić information content (AvgIpc) is 2.95. The molecule has 112 valence electrons. The number of ketones is 1. The molecule has 1 unspecified atom stereocenters. The molecule has 0 N–H and O–H groups in total. The van der Waals surface area contributed by atoms with Gasteiger partial charge in [-0.2, -0.15) is 4.98 Å². The van der Waals surface area contributed by atoms with Crippen LogP contribution in [0.2, 0.25) is 0 Å². The smallest absolute Gasteiger partial charge is 0.237 e. The number of ether oxygens (including phenoxy) is 1. The predicted molar refractivity (Wildman–Crippen MR) is 74.4 cm³/mol. The van der Waals surface area contributed by atoms with Crippen LogP contribution in [-0.4, -0.2) is 22.5 Å². The number of hydrogen-bond acceptors (Lipinski definition) is 5. The second kappa shape index (κ2) is 6.48. The highest BCUT2D eigenvalue weighted by atomic mass is 16.5. The fourth-order valence-electron chi connectivity index (χ4n) is 2.92. The number of carbonyl (C=O) groups is 1. The summed E-state index contributed by atoms with van der Waals surface area (Å²) in [5, 5.41) is 4.10. The van der Waals surface area contributed by atoms with E-state index in [1.54, 1.807) is 0 Å². The molecule has 0 bridgehead atoms. The van der Waals surface area contributed by atoms with Crippen LogP contribution < -0.4 is 0 Å². The molecule has 0 spiro atoms. The van der Waals surface area contributed by atoms with E-state index >= 15 is 0 Å². The zero-order valence-corrected chi connectivity index (χ0v) is 12.6. The van der Waals surface area contributed by atoms with Crippen molar-refractivity contribution < 1.29 is 14.1 Å². The van der Waals surface area contributed by atoms with E-state index in [4.69, 9.17) is 9.26 Å². The Bertz CT molecular complexity index is 452. The minimum absolute atomic E-state index is 0.210. The van der Waals surface area contributed by atoms with Crippen molar-refractivity contribution in [1.29, 1.82) is 0 Å². The summed E-state index contributed by atoms with van der Waals surface area (Å²) >= 11 is 0. The molecule has 5 nitrogen and oxygen atoms in total. The molecule has 1 fully saturated rings. The number of aromatic nitrogens is 2. The Balaban J connectivity index is 2.24. The van der Waals surface area contributed by atoms with E-state index in [0.29, 0.717) is 24.7 Å². The van der Waals surface area contributed by atoms with Crippen molar-refractivity contribution in [1.82, 2.24) is 10.1 Å². The lowest BCUT2D eigenvalue weighted by atomic mass is 9.88. The Hall–Kier alpha value is -1.23. The predicted octanol–water partition coefficient (Wildman–Crippen LogP) is 3.35. The van der Waals surface area contributed by atoms with E-state index < -0.39 is 5.60 Å². The monoisotopic (exact) mass is 280 g/mol. The molecular formula is C15H24N2O3. The Kier molecular flexibility index (Phi) is 4.91. The van der Waals surface area contributed by atoms with E-state index in [1.165, 1.54) is 0 Å². The van der Waals surface area contributed by atoms with Crippen molar-refractivity contribution in [3.05, 3.63) is 11.7 Å². The van der Waals surface area contributed by atoms with Gasteiger partial charge < -0.3 is 9.26 Å². The molecule has 0 aliphatic heterocycles. The lowest BCUT2D eigenvalue weighted by molar-refractivity contribution is -0.122. The molecule has 5 heteroatoms. The Labute approximate surface area is 120 Å². The van der Waals surface area contributed by atoms with E-state index in [1.807, 2.05) is 6.92 Å². The lowest BCUT2D eigenvalue weighted by Gasteiger charge is -2.27. The lowest BCUT2D eigenvalue weighted by Crippen LogP contribution is -2.30. The van der Waals surface area contributed by atoms with Crippen LogP contribution in [0.1, 0.15) is 76.9 Å². The third kappa shape index (κ3) is 2.77. The summed E-state index contributed by atoms with van der Waals surface area (Å²) in [6, 6.07) is 0. The molecule has 20 heavy (non-hydrogen) atoms. The van der Waals surface area contributed by atoms with Crippen LogP contribution in [-0.2, 0) is 15.1 Å². The summed E-state index contributed by atoms with van der Waals surface area (Å²) in [6.45, 7) is 6.68. The molecule has 0 aromatic carbocycles. The number of nitrogens with zero attached hydrogens (tertiary/aromatic N) is 2. The first-order chi connectivity index (χ1) is 9.66. The summed E-state index contributed by atoms with van der Waals surface area (Å²) in [5.74, 6) is 1.06. The maximum atomic E-state index is 12.0. The van der Waals surface area contributed by atoms with Gasteiger partial charge >= 0.3 is 0 Å². The van der Waals surface area contributed by atoms with Crippen molar-refractivity contribution in [2.24, 2.45) is 0 Å². The summed E-state index contributed by atoms with van der Waals surface area (Å²) in [4.78, 5) is 16.5. The van der Waals surface area contributed by atoms with Crippen molar-refractivity contribution in [2.75, 3.05) is 6.61 Å². The highest BCUT2D eigenvalue weighted by Gasteiger charge is 2.36.